The third kappa shape index (κ3) is 3.70. The van der Waals surface area contributed by atoms with Crippen LogP contribution in [0.15, 0.2) is 18.3 Å². The number of carboxylic acids is 1. The molecule has 1 aromatic rings. The molecule has 0 fully saturated rings. The molecule has 5 nitrogen and oxygen atoms in total. The number of carboxylic acid groups (broad SMARTS) is 1. The fourth-order valence-corrected chi connectivity index (χ4v) is 1.48. The van der Waals surface area contributed by atoms with Gasteiger partial charge in [-0.2, -0.15) is 0 Å². The van der Waals surface area contributed by atoms with Gasteiger partial charge in [0.15, 0.2) is 0 Å². The van der Waals surface area contributed by atoms with Gasteiger partial charge in [0.25, 0.3) is 5.91 Å². The van der Waals surface area contributed by atoms with E-state index in [9.17, 15) is 9.59 Å². The monoisotopic (exact) mass is 270 g/mol. The van der Waals surface area contributed by atoms with E-state index in [2.05, 4.69) is 10.3 Å². The molecule has 6 heteroatoms. The standard InChI is InChI=1S/C12H15ClN2O3/c1-12(2,3)9(11(17)18)15-10(16)8-5-4-7(13)6-14-8/h4-6,9H,1-3H3,(H,15,16)(H,17,18)/t9-/m0/s1. The van der Waals surface area contributed by atoms with Gasteiger partial charge in [-0.05, 0) is 17.5 Å². The third-order valence-electron chi connectivity index (χ3n) is 2.35. The number of rotatable bonds is 3. The highest BCUT2D eigenvalue weighted by Gasteiger charge is 2.32. The van der Waals surface area contributed by atoms with Gasteiger partial charge in [0.1, 0.15) is 11.7 Å². The number of hydrogen-bond acceptors (Lipinski definition) is 3. The number of aromatic nitrogens is 1. The zero-order valence-corrected chi connectivity index (χ0v) is 11.2. The quantitative estimate of drug-likeness (QED) is 0.880. The van der Waals surface area contributed by atoms with Crippen LogP contribution in [0, 0.1) is 5.41 Å². The number of carbonyl (C=O) groups excluding carboxylic acids is 1. The molecule has 0 saturated carbocycles. The molecular formula is C12H15ClN2O3. The van der Waals surface area contributed by atoms with Crippen LogP contribution in [-0.4, -0.2) is 28.0 Å². The van der Waals surface area contributed by atoms with Crippen LogP contribution in [0.5, 0.6) is 0 Å². The van der Waals surface area contributed by atoms with E-state index in [0.29, 0.717) is 5.02 Å². The Labute approximate surface area is 110 Å². The highest BCUT2D eigenvalue weighted by molar-refractivity contribution is 6.30. The van der Waals surface area contributed by atoms with Crippen molar-refractivity contribution in [1.29, 1.82) is 0 Å². The summed E-state index contributed by atoms with van der Waals surface area (Å²) in [6, 6.07) is 1.98. The van der Waals surface area contributed by atoms with E-state index in [0.717, 1.165) is 0 Å². The Morgan fingerprint density at radius 3 is 2.39 bits per heavy atom. The maximum absolute atomic E-state index is 11.8. The van der Waals surface area contributed by atoms with Crippen molar-refractivity contribution < 1.29 is 14.7 Å². The lowest BCUT2D eigenvalue weighted by atomic mass is 9.86. The molecule has 1 atom stereocenters. The normalized spacial score (nSPS) is 12.9. The average molecular weight is 271 g/mol. The van der Waals surface area contributed by atoms with Crippen LogP contribution in [0.1, 0.15) is 31.3 Å². The van der Waals surface area contributed by atoms with Crippen LogP contribution in [0.25, 0.3) is 0 Å². The van der Waals surface area contributed by atoms with E-state index in [4.69, 9.17) is 16.7 Å². The summed E-state index contributed by atoms with van der Waals surface area (Å²) in [5.41, 5.74) is -0.455. The first kappa shape index (κ1) is 14.4. The molecule has 0 spiro atoms. The van der Waals surface area contributed by atoms with Crippen molar-refractivity contribution in [3.63, 3.8) is 0 Å². The minimum Gasteiger partial charge on any atom is -0.480 e. The second kappa shape index (κ2) is 5.35. The van der Waals surface area contributed by atoms with Crippen molar-refractivity contribution in [3.8, 4) is 0 Å². The molecule has 18 heavy (non-hydrogen) atoms. The van der Waals surface area contributed by atoms with Crippen LogP contribution < -0.4 is 5.32 Å². The first-order valence-corrected chi connectivity index (χ1v) is 5.75. The smallest absolute Gasteiger partial charge is 0.326 e. The first-order chi connectivity index (χ1) is 8.21. The molecule has 0 radical (unpaired) electrons. The predicted molar refractivity (Wildman–Crippen MR) is 67.6 cm³/mol. The molecule has 1 amide bonds. The van der Waals surface area contributed by atoms with Crippen molar-refractivity contribution in [2.75, 3.05) is 0 Å². The summed E-state index contributed by atoms with van der Waals surface area (Å²) >= 11 is 5.66. The van der Waals surface area contributed by atoms with Crippen LogP contribution in [0.3, 0.4) is 0 Å². The number of carbonyl (C=O) groups is 2. The van der Waals surface area contributed by atoms with Gasteiger partial charge >= 0.3 is 5.97 Å². The molecule has 0 bridgehead atoms. The van der Waals surface area contributed by atoms with Crippen molar-refractivity contribution in [2.45, 2.75) is 26.8 Å². The zero-order chi connectivity index (χ0) is 13.9. The number of nitrogens with one attached hydrogen (secondary N) is 1. The largest absolute Gasteiger partial charge is 0.480 e. The van der Waals surface area contributed by atoms with E-state index in [1.165, 1.54) is 18.3 Å². The second-order valence-electron chi connectivity index (χ2n) is 4.97. The lowest BCUT2D eigenvalue weighted by molar-refractivity contribution is -0.142. The van der Waals surface area contributed by atoms with Crippen LogP contribution in [-0.2, 0) is 4.79 Å². The zero-order valence-electron chi connectivity index (χ0n) is 10.4. The summed E-state index contributed by atoms with van der Waals surface area (Å²) in [6.07, 6.45) is 1.34. The molecule has 0 unspecified atom stereocenters. The summed E-state index contributed by atoms with van der Waals surface area (Å²) in [7, 11) is 0. The van der Waals surface area contributed by atoms with Crippen LogP contribution in [0.4, 0.5) is 0 Å². The highest BCUT2D eigenvalue weighted by Crippen LogP contribution is 2.19. The molecule has 0 aliphatic heterocycles. The van der Waals surface area contributed by atoms with Crippen molar-refractivity contribution in [2.24, 2.45) is 5.41 Å². The van der Waals surface area contributed by atoms with E-state index >= 15 is 0 Å². The Morgan fingerprint density at radius 2 is 2.00 bits per heavy atom. The summed E-state index contributed by atoms with van der Waals surface area (Å²) < 4.78 is 0. The summed E-state index contributed by atoms with van der Waals surface area (Å²) in [5.74, 6) is -1.61. The topological polar surface area (TPSA) is 79.3 Å². The van der Waals surface area contributed by atoms with Gasteiger partial charge in [0, 0.05) is 6.20 Å². The first-order valence-electron chi connectivity index (χ1n) is 5.37. The van der Waals surface area contributed by atoms with Crippen molar-refractivity contribution in [3.05, 3.63) is 29.0 Å². The average Bonchev–Trinajstić information content (AvgIpc) is 2.24. The Bertz CT molecular complexity index is 451. The molecule has 0 aliphatic carbocycles. The van der Waals surface area contributed by atoms with E-state index < -0.39 is 23.3 Å². The number of halogens is 1. The minimum atomic E-state index is -1.08. The summed E-state index contributed by atoms with van der Waals surface area (Å²) in [6.45, 7) is 5.21. The van der Waals surface area contributed by atoms with E-state index in [1.54, 1.807) is 20.8 Å². The fourth-order valence-electron chi connectivity index (χ4n) is 1.36. The van der Waals surface area contributed by atoms with Crippen molar-refractivity contribution in [1.82, 2.24) is 10.3 Å². The van der Waals surface area contributed by atoms with Gasteiger partial charge in [-0.3, -0.25) is 4.79 Å². The predicted octanol–water partition coefficient (Wildman–Crippen LogP) is 1.96. The molecule has 98 valence electrons. The maximum atomic E-state index is 11.8. The molecule has 1 heterocycles. The Hall–Kier alpha value is -1.62. The second-order valence-corrected chi connectivity index (χ2v) is 5.41. The molecule has 0 saturated heterocycles. The van der Waals surface area contributed by atoms with Gasteiger partial charge in [-0.25, -0.2) is 9.78 Å². The molecule has 0 aliphatic rings. The molecule has 2 N–H and O–H groups in total. The Morgan fingerprint density at radius 1 is 1.39 bits per heavy atom. The SMILES string of the molecule is CC(C)(C)[C@@H](NC(=O)c1ccc(Cl)cn1)C(=O)O. The van der Waals surface area contributed by atoms with E-state index in [1.807, 2.05) is 0 Å². The van der Waals surface area contributed by atoms with Crippen LogP contribution in [0.2, 0.25) is 5.02 Å². The van der Waals surface area contributed by atoms with Gasteiger partial charge in [-0.1, -0.05) is 32.4 Å². The lowest BCUT2D eigenvalue weighted by Gasteiger charge is -2.27. The Kier molecular flexibility index (Phi) is 4.29. The molecule has 1 aromatic heterocycles. The van der Waals surface area contributed by atoms with Gasteiger partial charge in [0.2, 0.25) is 0 Å². The van der Waals surface area contributed by atoms with Gasteiger partial charge in [0.05, 0.1) is 5.02 Å². The van der Waals surface area contributed by atoms with Crippen LogP contribution >= 0.6 is 11.6 Å². The summed E-state index contributed by atoms with van der Waals surface area (Å²) in [5, 5.41) is 12.0. The minimum absolute atomic E-state index is 0.134. The van der Waals surface area contributed by atoms with Crippen molar-refractivity contribution >= 4 is 23.5 Å². The fraction of sp³-hybridized carbons (Fsp3) is 0.417. The number of amides is 1. The molecule has 0 aromatic carbocycles. The molecular weight excluding hydrogens is 256 g/mol. The number of nitrogens with zero attached hydrogens (tertiary/aromatic N) is 1. The Balaban J connectivity index is 2.86. The number of aliphatic carboxylic acids is 1. The lowest BCUT2D eigenvalue weighted by Crippen LogP contribution is -2.49. The number of pyridine rings is 1. The summed E-state index contributed by atoms with van der Waals surface area (Å²) in [4.78, 5) is 26.8. The number of hydrogen-bond donors (Lipinski definition) is 2. The van der Waals surface area contributed by atoms with Gasteiger partial charge < -0.3 is 10.4 Å². The third-order valence-corrected chi connectivity index (χ3v) is 2.57. The maximum Gasteiger partial charge on any atom is 0.326 e. The molecule has 1 rings (SSSR count). The highest BCUT2D eigenvalue weighted by atomic mass is 35.5. The van der Waals surface area contributed by atoms with E-state index in [-0.39, 0.29) is 5.69 Å². The van der Waals surface area contributed by atoms with Gasteiger partial charge in [-0.15, -0.1) is 0 Å².